The highest BCUT2D eigenvalue weighted by Crippen LogP contribution is 2.48. The summed E-state index contributed by atoms with van der Waals surface area (Å²) in [7, 11) is 0. The molecule has 0 amide bonds. The molecule has 0 aromatic carbocycles. The molecule has 0 atom stereocenters. The number of hydrogen-bond acceptors (Lipinski definition) is 2. The Balaban J connectivity index is 1.95. The maximum absolute atomic E-state index is 3.66. The molecule has 1 fully saturated rings. The van der Waals surface area contributed by atoms with Crippen LogP contribution in [0.4, 0.5) is 0 Å². The molecule has 0 aliphatic heterocycles. The smallest absolute Gasteiger partial charge is 0.0330 e. The van der Waals surface area contributed by atoms with Gasteiger partial charge < -0.3 is 0 Å². The Hall–Kier alpha value is 0.140. The fraction of sp³-hybridized carbons (Fsp3) is 0.692. The molecular formula is C13H20BrNS. The van der Waals surface area contributed by atoms with Gasteiger partial charge in [0.1, 0.15) is 0 Å². The van der Waals surface area contributed by atoms with Crippen LogP contribution in [-0.2, 0) is 6.54 Å². The first-order chi connectivity index (χ1) is 7.65. The van der Waals surface area contributed by atoms with Crippen LogP contribution >= 0.6 is 27.3 Å². The van der Waals surface area contributed by atoms with Crippen molar-refractivity contribution < 1.29 is 0 Å². The molecule has 1 aliphatic rings. The molecule has 16 heavy (non-hydrogen) atoms. The molecule has 0 saturated heterocycles. The maximum Gasteiger partial charge on any atom is 0.0330 e. The molecule has 0 bridgehead atoms. The Kier molecular flexibility index (Phi) is 4.09. The van der Waals surface area contributed by atoms with Gasteiger partial charge in [0.2, 0.25) is 0 Å². The third kappa shape index (κ3) is 3.08. The Morgan fingerprint density at radius 2 is 2.25 bits per heavy atom. The first-order valence-electron chi connectivity index (χ1n) is 5.98. The van der Waals surface area contributed by atoms with Gasteiger partial charge in [0, 0.05) is 29.3 Å². The van der Waals surface area contributed by atoms with Crippen LogP contribution in [0.25, 0.3) is 0 Å². The molecule has 0 radical (unpaired) electrons. The summed E-state index contributed by atoms with van der Waals surface area (Å²) in [6.45, 7) is 6.97. The molecule has 1 aromatic heterocycles. The summed E-state index contributed by atoms with van der Waals surface area (Å²) in [5, 5.41) is 3.33. The van der Waals surface area contributed by atoms with Crippen LogP contribution in [0.3, 0.4) is 0 Å². The lowest BCUT2D eigenvalue weighted by molar-refractivity contribution is 0.179. The zero-order chi connectivity index (χ0) is 11.6. The van der Waals surface area contributed by atoms with Crippen molar-refractivity contribution in [2.75, 3.05) is 11.9 Å². The molecule has 3 heteroatoms. The van der Waals surface area contributed by atoms with E-state index < -0.39 is 0 Å². The predicted molar refractivity (Wildman–Crippen MR) is 75.3 cm³/mol. The number of rotatable bonds is 6. The van der Waals surface area contributed by atoms with Crippen molar-refractivity contribution in [3.05, 3.63) is 22.4 Å². The summed E-state index contributed by atoms with van der Waals surface area (Å²) in [6, 6.07) is 5.03. The molecule has 0 N–H and O–H groups in total. The van der Waals surface area contributed by atoms with Crippen molar-refractivity contribution in [3.63, 3.8) is 0 Å². The normalized spacial score (nSPS) is 18.3. The molecule has 1 nitrogen and oxygen atoms in total. The van der Waals surface area contributed by atoms with E-state index in [1.54, 1.807) is 0 Å². The lowest BCUT2D eigenvalue weighted by atomic mass is 10.1. The van der Waals surface area contributed by atoms with E-state index in [4.69, 9.17) is 0 Å². The SMILES string of the molecule is CC(C)N(Cc1cccs1)CC1(CBr)CC1. The second-order valence-corrected chi connectivity index (χ2v) is 6.80. The average Bonchev–Trinajstić information content (AvgIpc) is 2.84. The predicted octanol–water partition coefficient (Wildman–Crippen LogP) is 4.13. The van der Waals surface area contributed by atoms with Gasteiger partial charge in [0.25, 0.3) is 0 Å². The van der Waals surface area contributed by atoms with Gasteiger partial charge in [-0.05, 0) is 43.6 Å². The van der Waals surface area contributed by atoms with E-state index in [9.17, 15) is 0 Å². The molecule has 1 aliphatic carbocycles. The lowest BCUT2D eigenvalue weighted by Gasteiger charge is -2.29. The first kappa shape index (κ1) is 12.6. The Bertz CT molecular complexity index is 317. The summed E-state index contributed by atoms with van der Waals surface area (Å²) in [5.74, 6) is 0. The molecule has 2 rings (SSSR count). The summed E-state index contributed by atoms with van der Waals surface area (Å²) < 4.78 is 0. The lowest BCUT2D eigenvalue weighted by Crippen LogP contribution is -2.36. The Labute approximate surface area is 111 Å². The fourth-order valence-electron chi connectivity index (χ4n) is 1.97. The number of thiophene rings is 1. The van der Waals surface area contributed by atoms with E-state index in [2.05, 4.69) is 52.2 Å². The highest BCUT2D eigenvalue weighted by molar-refractivity contribution is 9.09. The van der Waals surface area contributed by atoms with Gasteiger partial charge >= 0.3 is 0 Å². The number of halogens is 1. The van der Waals surface area contributed by atoms with Crippen LogP contribution in [-0.4, -0.2) is 22.8 Å². The molecule has 1 heterocycles. The van der Waals surface area contributed by atoms with Gasteiger partial charge in [-0.1, -0.05) is 22.0 Å². The molecule has 1 aromatic rings. The minimum Gasteiger partial charge on any atom is -0.295 e. The van der Waals surface area contributed by atoms with Gasteiger partial charge in [-0.3, -0.25) is 4.90 Å². The average molecular weight is 302 g/mol. The van der Waals surface area contributed by atoms with Gasteiger partial charge in [0.05, 0.1) is 0 Å². The summed E-state index contributed by atoms with van der Waals surface area (Å²) >= 11 is 5.53. The van der Waals surface area contributed by atoms with Crippen molar-refractivity contribution in [1.29, 1.82) is 0 Å². The van der Waals surface area contributed by atoms with Crippen molar-refractivity contribution in [3.8, 4) is 0 Å². The zero-order valence-electron chi connectivity index (χ0n) is 10.1. The van der Waals surface area contributed by atoms with E-state index in [1.807, 2.05) is 11.3 Å². The van der Waals surface area contributed by atoms with E-state index >= 15 is 0 Å². The number of alkyl halides is 1. The van der Waals surface area contributed by atoms with Crippen molar-refractivity contribution in [2.24, 2.45) is 5.41 Å². The third-order valence-electron chi connectivity index (χ3n) is 3.45. The quantitative estimate of drug-likeness (QED) is 0.714. The summed E-state index contributed by atoms with van der Waals surface area (Å²) in [6.07, 6.45) is 2.79. The number of hydrogen-bond donors (Lipinski definition) is 0. The molecule has 0 unspecified atom stereocenters. The molecule has 90 valence electrons. The van der Waals surface area contributed by atoms with Crippen LogP contribution in [0.1, 0.15) is 31.6 Å². The van der Waals surface area contributed by atoms with Crippen LogP contribution in [0.15, 0.2) is 17.5 Å². The maximum atomic E-state index is 3.66. The standard InChI is InChI=1S/C13H20BrNS/c1-11(2)15(8-12-4-3-7-16-12)10-13(9-14)5-6-13/h3-4,7,11H,5-6,8-10H2,1-2H3. The van der Waals surface area contributed by atoms with E-state index in [-0.39, 0.29) is 0 Å². The minimum absolute atomic E-state index is 0.585. The first-order valence-corrected chi connectivity index (χ1v) is 7.98. The molecule has 1 saturated carbocycles. The van der Waals surface area contributed by atoms with E-state index in [0.717, 1.165) is 11.9 Å². The van der Waals surface area contributed by atoms with Crippen molar-refractivity contribution >= 4 is 27.3 Å². The number of nitrogens with zero attached hydrogens (tertiary/aromatic N) is 1. The van der Waals surface area contributed by atoms with Gasteiger partial charge in [-0.15, -0.1) is 11.3 Å². The summed E-state index contributed by atoms with van der Waals surface area (Å²) in [4.78, 5) is 4.10. The van der Waals surface area contributed by atoms with Gasteiger partial charge in [-0.2, -0.15) is 0 Å². The fourth-order valence-corrected chi connectivity index (χ4v) is 3.43. The van der Waals surface area contributed by atoms with Crippen LogP contribution < -0.4 is 0 Å². The van der Waals surface area contributed by atoms with E-state index in [0.29, 0.717) is 11.5 Å². The highest BCUT2D eigenvalue weighted by Gasteiger charge is 2.43. The summed E-state index contributed by atoms with van der Waals surface area (Å²) in [5.41, 5.74) is 0.585. The third-order valence-corrected chi connectivity index (χ3v) is 5.50. The molecule has 0 spiro atoms. The van der Waals surface area contributed by atoms with Crippen LogP contribution in [0.5, 0.6) is 0 Å². The second-order valence-electron chi connectivity index (χ2n) is 5.21. The van der Waals surface area contributed by atoms with Crippen molar-refractivity contribution in [1.82, 2.24) is 4.90 Å². The minimum atomic E-state index is 0.585. The van der Waals surface area contributed by atoms with Crippen LogP contribution in [0, 0.1) is 5.41 Å². The van der Waals surface area contributed by atoms with Crippen molar-refractivity contribution in [2.45, 2.75) is 39.3 Å². The highest BCUT2D eigenvalue weighted by atomic mass is 79.9. The van der Waals surface area contributed by atoms with Crippen LogP contribution in [0.2, 0.25) is 0 Å². The Morgan fingerprint density at radius 3 is 2.69 bits per heavy atom. The van der Waals surface area contributed by atoms with E-state index in [1.165, 1.54) is 24.3 Å². The van der Waals surface area contributed by atoms with Gasteiger partial charge in [-0.25, -0.2) is 0 Å². The van der Waals surface area contributed by atoms with Gasteiger partial charge in [0.15, 0.2) is 0 Å². The second kappa shape index (κ2) is 5.19. The molecular weight excluding hydrogens is 282 g/mol. The monoisotopic (exact) mass is 301 g/mol. The zero-order valence-corrected chi connectivity index (χ0v) is 12.5. The topological polar surface area (TPSA) is 3.24 Å². The Morgan fingerprint density at radius 1 is 1.50 bits per heavy atom. The largest absolute Gasteiger partial charge is 0.295 e.